The van der Waals surface area contributed by atoms with Crippen LogP contribution >= 0.6 is 0 Å². The lowest BCUT2D eigenvalue weighted by molar-refractivity contribution is -0.133. The van der Waals surface area contributed by atoms with E-state index in [1.807, 2.05) is 6.07 Å². The van der Waals surface area contributed by atoms with Crippen molar-refractivity contribution in [2.75, 3.05) is 25.0 Å². The molecule has 1 atom stereocenters. The normalized spacial score (nSPS) is 23.5. The molecule has 114 valence electrons. The van der Waals surface area contributed by atoms with Crippen LogP contribution in [0.2, 0.25) is 0 Å². The SMILES string of the molecule is CCC1(C)CCN(C(=O)CC2CNc3ccccc32)CC1. The number of anilines is 1. The monoisotopic (exact) mass is 286 g/mol. The molecule has 0 radical (unpaired) electrons. The molecular formula is C18H26N2O. The second-order valence-corrected chi connectivity index (χ2v) is 6.91. The maximum Gasteiger partial charge on any atom is 0.223 e. The molecule has 3 rings (SSSR count). The molecule has 3 heteroatoms. The molecule has 0 saturated carbocycles. The summed E-state index contributed by atoms with van der Waals surface area (Å²) in [5.74, 6) is 0.671. The maximum absolute atomic E-state index is 12.6. The van der Waals surface area contributed by atoms with Crippen LogP contribution < -0.4 is 5.32 Å². The third-order valence-corrected chi connectivity index (χ3v) is 5.54. The van der Waals surface area contributed by atoms with Gasteiger partial charge in [0.05, 0.1) is 0 Å². The highest BCUT2D eigenvalue weighted by Crippen LogP contribution is 2.36. The minimum atomic E-state index is 0.330. The average Bonchev–Trinajstić information content (AvgIpc) is 2.91. The fraction of sp³-hybridized carbons (Fsp3) is 0.611. The second kappa shape index (κ2) is 5.70. The summed E-state index contributed by atoms with van der Waals surface area (Å²) in [6.07, 6.45) is 4.16. The highest BCUT2D eigenvalue weighted by molar-refractivity contribution is 5.78. The van der Waals surface area contributed by atoms with Crippen molar-refractivity contribution in [3.05, 3.63) is 29.8 Å². The van der Waals surface area contributed by atoms with Crippen LogP contribution in [0.5, 0.6) is 0 Å². The van der Waals surface area contributed by atoms with Gasteiger partial charge in [0, 0.05) is 37.7 Å². The predicted octanol–water partition coefficient (Wildman–Crippen LogP) is 3.62. The van der Waals surface area contributed by atoms with E-state index in [-0.39, 0.29) is 0 Å². The minimum Gasteiger partial charge on any atom is -0.384 e. The third-order valence-electron chi connectivity index (χ3n) is 5.54. The molecule has 3 nitrogen and oxygen atoms in total. The molecule has 1 aromatic rings. The molecule has 1 fully saturated rings. The van der Waals surface area contributed by atoms with Crippen molar-refractivity contribution in [3.63, 3.8) is 0 Å². The number of fused-ring (bicyclic) bond motifs is 1. The van der Waals surface area contributed by atoms with Gasteiger partial charge in [-0.05, 0) is 29.9 Å². The Morgan fingerprint density at radius 2 is 2.05 bits per heavy atom. The Labute approximate surface area is 127 Å². The zero-order chi connectivity index (χ0) is 14.9. The number of nitrogens with one attached hydrogen (secondary N) is 1. The Morgan fingerprint density at radius 3 is 2.76 bits per heavy atom. The van der Waals surface area contributed by atoms with Crippen molar-refractivity contribution in [1.82, 2.24) is 4.90 Å². The summed E-state index contributed by atoms with van der Waals surface area (Å²) in [4.78, 5) is 14.6. The molecule has 2 aliphatic rings. The van der Waals surface area contributed by atoms with Crippen molar-refractivity contribution in [2.24, 2.45) is 5.41 Å². The number of hydrogen-bond donors (Lipinski definition) is 1. The van der Waals surface area contributed by atoms with E-state index in [2.05, 4.69) is 42.3 Å². The van der Waals surface area contributed by atoms with Gasteiger partial charge in [-0.15, -0.1) is 0 Å². The van der Waals surface area contributed by atoms with Gasteiger partial charge in [-0.25, -0.2) is 0 Å². The number of likely N-dealkylation sites (tertiary alicyclic amines) is 1. The fourth-order valence-electron chi connectivity index (χ4n) is 3.53. The Balaban J connectivity index is 1.59. The summed E-state index contributed by atoms with van der Waals surface area (Å²) in [6.45, 7) is 7.38. The molecule has 0 bridgehead atoms. The van der Waals surface area contributed by atoms with Crippen LogP contribution in [0.3, 0.4) is 0 Å². The van der Waals surface area contributed by atoms with Crippen LogP contribution in [0.1, 0.15) is 51.0 Å². The quantitative estimate of drug-likeness (QED) is 0.920. The summed E-state index contributed by atoms with van der Waals surface area (Å²) in [5.41, 5.74) is 2.95. The first-order valence-electron chi connectivity index (χ1n) is 8.22. The Bertz CT molecular complexity index is 518. The van der Waals surface area contributed by atoms with Gasteiger partial charge in [-0.3, -0.25) is 4.79 Å². The molecule has 1 aromatic carbocycles. The molecular weight excluding hydrogens is 260 g/mol. The summed E-state index contributed by atoms with van der Waals surface area (Å²) in [5, 5.41) is 3.41. The first-order chi connectivity index (χ1) is 10.1. The fourth-order valence-corrected chi connectivity index (χ4v) is 3.53. The number of hydrogen-bond acceptors (Lipinski definition) is 2. The summed E-state index contributed by atoms with van der Waals surface area (Å²) < 4.78 is 0. The number of nitrogens with zero attached hydrogens (tertiary/aromatic N) is 1. The van der Waals surface area contributed by atoms with E-state index >= 15 is 0 Å². The first kappa shape index (κ1) is 14.4. The van der Waals surface area contributed by atoms with E-state index in [1.54, 1.807) is 0 Å². The molecule has 1 N–H and O–H groups in total. The van der Waals surface area contributed by atoms with Crippen LogP contribution in [-0.2, 0) is 4.79 Å². The number of amides is 1. The van der Waals surface area contributed by atoms with Gasteiger partial charge >= 0.3 is 0 Å². The highest BCUT2D eigenvalue weighted by atomic mass is 16.2. The van der Waals surface area contributed by atoms with E-state index in [0.717, 1.165) is 32.5 Å². The summed E-state index contributed by atoms with van der Waals surface area (Å²) >= 11 is 0. The Hall–Kier alpha value is -1.51. The lowest BCUT2D eigenvalue weighted by Crippen LogP contribution is -2.42. The van der Waals surface area contributed by atoms with Crippen molar-refractivity contribution in [1.29, 1.82) is 0 Å². The van der Waals surface area contributed by atoms with E-state index in [9.17, 15) is 4.79 Å². The van der Waals surface area contributed by atoms with Crippen LogP contribution in [0.25, 0.3) is 0 Å². The van der Waals surface area contributed by atoms with E-state index in [0.29, 0.717) is 23.7 Å². The molecule has 1 saturated heterocycles. The van der Waals surface area contributed by atoms with E-state index in [4.69, 9.17) is 0 Å². The number of carbonyl (C=O) groups is 1. The number of benzene rings is 1. The number of piperidine rings is 1. The molecule has 2 heterocycles. The van der Waals surface area contributed by atoms with Crippen LogP contribution in [0.4, 0.5) is 5.69 Å². The maximum atomic E-state index is 12.6. The lowest BCUT2D eigenvalue weighted by Gasteiger charge is -2.39. The van der Waals surface area contributed by atoms with Crippen molar-refractivity contribution in [2.45, 2.75) is 45.4 Å². The van der Waals surface area contributed by atoms with Gasteiger partial charge in [-0.1, -0.05) is 38.5 Å². The van der Waals surface area contributed by atoms with E-state index < -0.39 is 0 Å². The smallest absolute Gasteiger partial charge is 0.223 e. The summed E-state index contributed by atoms with van der Waals surface area (Å²) in [6, 6.07) is 8.37. The van der Waals surface area contributed by atoms with Crippen LogP contribution in [0.15, 0.2) is 24.3 Å². The Kier molecular flexibility index (Phi) is 3.92. The largest absolute Gasteiger partial charge is 0.384 e. The number of para-hydroxylation sites is 1. The van der Waals surface area contributed by atoms with Crippen molar-refractivity contribution in [3.8, 4) is 0 Å². The molecule has 21 heavy (non-hydrogen) atoms. The van der Waals surface area contributed by atoms with Crippen LogP contribution in [-0.4, -0.2) is 30.4 Å². The number of carbonyl (C=O) groups excluding carboxylic acids is 1. The van der Waals surface area contributed by atoms with Gasteiger partial charge in [0.2, 0.25) is 5.91 Å². The first-order valence-corrected chi connectivity index (χ1v) is 8.22. The molecule has 0 spiro atoms. The standard InChI is InChI=1S/C18H26N2O/c1-3-18(2)8-10-20(11-9-18)17(21)12-14-13-19-16-7-5-4-6-15(14)16/h4-7,14,19H,3,8-13H2,1-2H3. The van der Waals surface area contributed by atoms with Gasteiger partial charge in [0.15, 0.2) is 0 Å². The van der Waals surface area contributed by atoms with Gasteiger partial charge in [-0.2, -0.15) is 0 Å². The summed E-state index contributed by atoms with van der Waals surface area (Å²) in [7, 11) is 0. The predicted molar refractivity (Wildman–Crippen MR) is 86.5 cm³/mol. The van der Waals surface area contributed by atoms with Crippen molar-refractivity contribution >= 4 is 11.6 Å². The molecule has 2 aliphatic heterocycles. The van der Waals surface area contributed by atoms with E-state index in [1.165, 1.54) is 17.7 Å². The van der Waals surface area contributed by atoms with Crippen LogP contribution in [0, 0.1) is 5.41 Å². The molecule has 1 unspecified atom stereocenters. The minimum absolute atomic E-state index is 0.330. The molecule has 1 amide bonds. The lowest BCUT2D eigenvalue weighted by atomic mass is 9.78. The van der Waals surface area contributed by atoms with Gasteiger partial charge in [0.25, 0.3) is 0 Å². The average molecular weight is 286 g/mol. The van der Waals surface area contributed by atoms with Crippen molar-refractivity contribution < 1.29 is 4.79 Å². The second-order valence-electron chi connectivity index (χ2n) is 6.91. The van der Waals surface area contributed by atoms with Gasteiger partial charge in [0.1, 0.15) is 0 Å². The highest BCUT2D eigenvalue weighted by Gasteiger charge is 2.32. The Morgan fingerprint density at radius 1 is 1.33 bits per heavy atom. The third kappa shape index (κ3) is 2.92. The molecule has 0 aromatic heterocycles. The zero-order valence-corrected chi connectivity index (χ0v) is 13.2. The zero-order valence-electron chi connectivity index (χ0n) is 13.2. The molecule has 0 aliphatic carbocycles. The number of rotatable bonds is 3. The van der Waals surface area contributed by atoms with Gasteiger partial charge < -0.3 is 10.2 Å². The topological polar surface area (TPSA) is 32.3 Å².